The van der Waals surface area contributed by atoms with E-state index >= 15 is 0 Å². The van der Waals surface area contributed by atoms with Crippen LogP contribution in [-0.2, 0) is 43.3 Å². The molecule has 0 bridgehead atoms. The van der Waals surface area contributed by atoms with Gasteiger partial charge in [-0.1, -0.05) is 199 Å². The summed E-state index contributed by atoms with van der Waals surface area (Å²) < 4.78 is 0. The number of fused-ring (bicyclic) bond motifs is 8. The molecule has 0 fully saturated rings. The number of hydrogen-bond donors (Lipinski definition) is 0. The Kier molecular flexibility index (Phi) is 12.7. The van der Waals surface area contributed by atoms with Crippen molar-refractivity contribution in [2.75, 3.05) is 14.7 Å². The van der Waals surface area contributed by atoms with Crippen LogP contribution < -0.4 is 25.6 Å². The average molecular weight is 1090 g/mol. The quantitative estimate of drug-likeness (QED) is 0.159. The summed E-state index contributed by atoms with van der Waals surface area (Å²) in [6.07, 6.45) is 4.68. The van der Waals surface area contributed by atoms with Crippen LogP contribution in [0.15, 0.2) is 138 Å². The van der Waals surface area contributed by atoms with Crippen LogP contribution in [0.5, 0.6) is 0 Å². The van der Waals surface area contributed by atoms with E-state index in [1.54, 1.807) is 0 Å². The fourth-order valence-corrected chi connectivity index (χ4v) is 16.2. The van der Waals surface area contributed by atoms with E-state index in [1.165, 1.54) is 107 Å². The van der Waals surface area contributed by atoms with Gasteiger partial charge in [-0.25, -0.2) is 0 Å². The first-order valence-electron chi connectivity index (χ1n) is 30.7. The topological polar surface area (TPSA) is 9.72 Å². The predicted molar refractivity (Wildman–Crippen MR) is 354 cm³/mol. The molecule has 2 atom stereocenters. The summed E-state index contributed by atoms with van der Waals surface area (Å²) in [7, 11) is 0. The van der Waals surface area contributed by atoms with E-state index in [-0.39, 0.29) is 61.2 Å². The van der Waals surface area contributed by atoms with Crippen molar-refractivity contribution < 1.29 is 0 Å². The fourth-order valence-electron chi connectivity index (χ4n) is 14.6. The molecular formula is C76H92BN3S. The van der Waals surface area contributed by atoms with E-state index in [4.69, 9.17) is 0 Å². The van der Waals surface area contributed by atoms with Gasteiger partial charge in [-0.05, 0) is 203 Å². The highest BCUT2D eigenvalue weighted by atomic mass is 32.2. The molecule has 5 aliphatic rings. The van der Waals surface area contributed by atoms with Crippen molar-refractivity contribution in [3.8, 4) is 0 Å². The Hall–Kier alpha value is -5.65. The molecule has 5 heteroatoms. The zero-order valence-electron chi connectivity index (χ0n) is 53.0. The van der Waals surface area contributed by atoms with E-state index in [0.29, 0.717) is 0 Å². The molecule has 3 aliphatic heterocycles. The normalized spacial score (nSPS) is 20.2. The first kappa shape index (κ1) is 55.9. The smallest absolute Gasteiger partial charge is 0.233 e. The third-order valence-electron chi connectivity index (χ3n) is 20.2. The molecule has 0 aromatic heterocycles. The molecule has 2 aliphatic carbocycles. The zero-order chi connectivity index (χ0) is 58.1. The molecule has 420 valence electrons. The summed E-state index contributed by atoms with van der Waals surface area (Å²) in [5.74, 6) is 0. The minimum atomic E-state index is -0.0134. The van der Waals surface area contributed by atoms with Gasteiger partial charge in [0.1, 0.15) is 0 Å². The standard InChI is InChI=1S/C76H92BN3S/c1-69(2,3)47-21-28-51(29-22-47)78(52-30-23-48(24-31-52)70(4,5)6)55-43-63-66-64(44-55)80(54-34-35-57-58(42-54)74(15,16)38-37-73(57,13)14)67-56-41-50(72(10,11)12)27-36-65(56)81-68(67)77(66)61-45-59-60(76(19,20)40-39-75(59,17)18)46-62(61)79(63)53-32-25-49(26-33-53)71(7,8)9/h21-36,41-46,67-68H,37-40H2,1-20H3. The number of rotatable bonds is 5. The number of nitrogens with zero attached hydrogens (tertiary/aromatic N) is 3. The highest BCUT2D eigenvalue weighted by molar-refractivity contribution is 8.02. The maximum atomic E-state index is 2.87. The maximum Gasteiger partial charge on any atom is 0.233 e. The third-order valence-corrected chi connectivity index (χ3v) is 21.7. The molecule has 3 nitrogen and oxygen atoms in total. The molecular weight excluding hydrogens is 998 g/mol. The summed E-state index contributed by atoms with van der Waals surface area (Å²) >= 11 is 2.15. The van der Waals surface area contributed by atoms with Crippen LogP contribution in [-0.4, -0.2) is 11.9 Å². The van der Waals surface area contributed by atoms with Crippen LogP contribution in [0.4, 0.5) is 45.5 Å². The number of anilines is 8. The van der Waals surface area contributed by atoms with Gasteiger partial charge in [0.15, 0.2) is 0 Å². The molecule has 0 radical (unpaired) electrons. The first-order chi connectivity index (χ1) is 37.6. The van der Waals surface area contributed by atoms with Crippen LogP contribution >= 0.6 is 11.8 Å². The van der Waals surface area contributed by atoms with Gasteiger partial charge in [0.05, 0.1) is 11.7 Å². The van der Waals surface area contributed by atoms with Gasteiger partial charge in [-0.15, -0.1) is 11.8 Å². The van der Waals surface area contributed by atoms with Crippen molar-refractivity contribution in [3.05, 3.63) is 184 Å². The van der Waals surface area contributed by atoms with Crippen LogP contribution in [0.2, 0.25) is 0 Å². The lowest BCUT2D eigenvalue weighted by atomic mass is 9.33. The average Bonchev–Trinajstić information content (AvgIpc) is 3.34. The van der Waals surface area contributed by atoms with Gasteiger partial charge in [-0.3, -0.25) is 0 Å². The van der Waals surface area contributed by atoms with Crippen molar-refractivity contribution in [2.45, 2.75) is 224 Å². The zero-order valence-corrected chi connectivity index (χ0v) is 53.8. The largest absolute Gasteiger partial charge is 0.334 e. The Bertz CT molecular complexity index is 3570. The van der Waals surface area contributed by atoms with Crippen LogP contribution in [0, 0.1) is 0 Å². The molecule has 7 aromatic rings. The van der Waals surface area contributed by atoms with Crippen molar-refractivity contribution in [3.63, 3.8) is 0 Å². The van der Waals surface area contributed by atoms with Crippen LogP contribution in [0.3, 0.4) is 0 Å². The van der Waals surface area contributed by atoms with Crippen molar-refractivity contribution in [2.24, 2.45) is 0 Å². The molecule has 0 spiro atoms. The predicted octanol–water partition coefficient (Wildman–Crippen LogP) is 20.3. The molecule has 81 heavy (non-hydrogen) atoms. The Morgan fingerprint density at radius 3 is 1.36 bits per heavy atom. The lowest BCUT2D eigenvalue weighted by Crippen LogP contribution is -2.63. The molecule has 7 aromatic carbocycles. The van der Waals surface area contributed by atoms with E-state index in [2.05, 4.69) is 298 Å². The molecule has 2 unspecified atom stereocenters. The van der Waals surface area contributed by atoms with E-state index in [9.17, 15) is 0 Å². The lowest BCUT2D eigenvalue weighted by Gasteiger charge is -2.51. The molecule has 12 rings (SSSR count). The Morgan fingerprint density at radius 1 is 0.420 bits per heavy atom. The first-order valence-corrected chi connectivity index (χ1v) is 31.6. The van der Waals surface area contributed by atoms with Crippen molar-refractivity contribution in [1.29, 1.82) is 0 Å². The van der Waals surface area contributed by atoms with Gasteiger partial charge >= 0.3 is 0 Å². The maximum absolute atomic E-state index is 2.87. The van der Waals surface area contributed by atoms with Gasteiger partial charge < -0.3 is 14.7 Å². The molecule has 0 N–H and O–H groups in total. The van der Waals surface area contributed by atoms with Gasteiger partial charge in [0, 0.05) is 49.9 Å². The Labute approximate surface area is 493 Å². The number of thioether (sulfide) groups is 1. The summed E-state index contributed by atoms with van der Waals surface area (Å²) in [6.45, 7) is 48.2. The second kappa shape index (κ2) is 18.4. The Balaban J connectivity index is 1.23. The molecule has 0 saturated heterocycles. The van der Waals surface area contributed by atoms with Gasteiger partial charge in [-0.2, -0.15) is 0 Å². The van der Waals surface area contributed by atoms with Crippen LogP contribution in [0.1, 0.15) is 220 Å². The lowest BCUT2D eigenvalue weighted by molar-refractivity contribution is 0.332. The Morgan fingerprint density at radius 2 is 0.852 bits per heavy atom. The third kappa shape index (κ3) is 9.32. The highest BCUT2D eigenvalue weighted by Crippen LogP contribution is 2.60. The molecule has 3 heterocycles. The van der Waals surface area contributed by atoms with Crippen molar-refractivity contribution in [1.82, 2.24) is 0 Å². The highest BCUT2D eigenvalue weighted by Gasteiger charge is 2.55. The minimum Gasteiger partial charge on any atom is -0.334 e. The SMILES string of the molecule is CC(C)(C)c1ccc(N(c2ccc(C(C)(C)C)cc2)c2cc3c4c(c2)N(c2ccc5c(c2)C(C)(C)CCC5(C)C)C2c5cc(C(C)(C)C)ccc5SC2B4c2cc4c(cc2N3c2ccc(C(C)(C)C)cc2)C(C)(C)CCC4(C)C)cc1. The van der Waals surface area contributed by atoms with E-state index < -0.39 is 0 Å². The second-order valence-electron chi connectivity index (χ2n) is 32.1. The van der Waals surface area contributed by atoms with E-state index in [0.717, 1.165) is 29.9 Å². The molecule has 0 amide bonds. The number of hydrogen-bond acceptors (Lipinski definition) is 4. The monoisotopic (exact) mass is 1090 g/mol. The minimum absolute atomic E-state index is 0.0124. The summed E-state index contributed by atoms with van der Waals surface area (Å²) in [5, 5.41) is 0.195. The van der Waals surface area contributed by atoms with Crippen molar-refractivity contribution >= 4 is 74.9 Å². The second-order valence-corrected chi connectivity index (χ2v) is 33.3. The summed E-state index contributed by atoms with van der Waals surface area (Å²) in [6, 6.07) is 54.6. The number of benzene rings is 7. The van der Waals surface area contributed by atoms with Gasteiger partial charge in [0.2, 0.25) is 6.71 Å². The van der Waals surface area contributed by atoms with E-state index in [1.807, 2.05) is 0 Å². The fraction of sp³-hybridized carbons (Fsp3) is 0.447. The van der Waals surface area contributed by atoms with Crippen LogP contribution in [0.25, 0.3) is 0 Å². The molecule has 0 saturated carbocycles. The summed E-state index contributed by atoms with van der Waals surface area (Å²) in [5.41, 5.74) is 25.8. The van der Waals surface area contributed by atoms with Gasteiger partial charge in [0.25, 0.3) is 0 Å². The summed E-state index contributed by atoms with van der Waals surface area (Å²) in [4.78, 5) is 9.56.